The predicted molar refractivity (Wildman–Crippen MR) is 96.3 cm³/mol. The van der Waals surface area contributed by atoms with Crippen molar-refractivity contribution >= 4 is 27.3 Å². The number of nitrogens with one attached hydrogen (secondary N) is 2. The second kappa shape index (κ2) is 7.94. The van der Waals surface area contributed by atoms with Crippen LogP contribution >= 0.6 is 0 Å². The van der Waals surface area contributed by atoms with Crippen molar-refractivity contribution < 1.29 is 18.0 Å². The Bertz CT molecular complexity index is 874. The van der Waals surface area contributed by atoms with Crippen LogP contribution in [-0.4, -0.2) is 33.0 Å². The van der Waals surface area contributed by atoms with E-state index in [-0.39, 0.29) is 22.9 Å². The van der Waals surface area contributed by atoms with Crippen molar-refractivity contribution in [2.24, 2.45) is 0 Å². The Morgan fingerprint density at radius 3 is 2.24 bits per heavy atom. The highest BCUT2D eigenvalue weighted by molar-refractivity contribution is 7.90. The van der Waals surface area contributed by atoms with Crippen molar-refractivity contribution in [2.75, 3.05) is 18.1 Å². The summed E-state index contributed by atoms with van der Waals surface area (Å²) in [5.74, 6) is -0.777. The molecule has 0 spiro atoms. The van der Waals surface area contributed by atoms with Gasteiger partial charge in [0.25, 0.3) is 5.91 Å². The maximum Gasteiger partial charge on any atom is 0.251 e. The molecular formula is C18H20N2O4S. The SMILES string of the molecule is CCc1ccccc1NC(=O)CNC(=O)c1ccc(S(C)(=O)=O)cc1. The molecule has 0 saturated heterocycles. The van der Waals surface area contributed by atoms with Crippen molar-refractivity contribution in [3.8, 4) is 0 Å². The summed E-state index contributed by atoms with van der Waals surface area (Å²) < 4.78 is 22.8. The third-order valence-electron chi connectivity index (χ3n) is 3.63. The van der Waals surface area contributed by atoms with Crippen molar-refractivity contribution in [1.29, 1.82) is 0 Å². The van der Waals surface area contributed by atoms with Gasteiger partial charge in [0.05, 0.1) is 11.4 Å². The molecule has 2 N–H and O–H groups in total. The third-order valence-corrected chi connectivity index (χ3v) is 4.75. The molecule has 2 amide bonds. The highest BCUT2D eigenvalue weighted by Gasteiger charge is 2.11. The fraction of sp³-hybridized carbons (Fsp3) is 0.222. The minimum atomic E-state index is -3.31. The number of carbonyl (C=O) groups is 2. The fourth-order valence-corrected chi connectivity index (χ4v) is 2.89. The van der Waals surface area contributed by atoms with Gasteiger partial charge in [-0.25, -0.2) is 8.42 Å². The minimum absolute atomic E-state index is 0.137. The summed E-state index contributed by atoms with van der Waals surface area (Å²) in [4.78, 5) is 24.2. The maximum atomic E-state index is 12.0. The van der Waals surface area contributed by atoms with Crippen LogP contribution in [0.1, 0.15) is 22.8 Å². The molecule has 0 heterocycles. The lowest BCUT2D eigenvalue weighted by Crippen LogP contribution is -2.33. The Hall–Kier alpha value is -2.67. The summed E-state index contributed by atoms with van der Waals surface area (Å²) in [7, 11) is -3.31. The molecule has 0 aromatic heterocycles. The van der Waals surface area contributed by atoms with Gasteiger partial charge in [-0.05, 0) is 42.3 Å². The van der Waals surface area contributed by atoms with Gasteiger partial charge in [0.1, 0.15) is 0 Å². The van der Waals surface area contributed by atoms with Crippen molar-refractivity contribution in [1.82, 2.24) is 5.32 Å². The minimum Gasteiger partial charge on any atom is -0.343 e. The number of amides is 2. The fourth-order valence-electron chi connectivity index (χ4n) is 2.26. The van der Waals surface area contributed by atoms with Gasteiger partial charge >= 0.3 is 0 Å². The Balaban J connectivity index is 1.94. The van der Waals surface area contributed by atoms with Gasteiger partial charge in [-0.2, -0.15) is 0 Å². The van der Waals surface area contributed by atoms with Crippen LogP contribution in [-0.2, 0) is 21.1 Å². The molecule has 0 radical (unpaired) electrons. The Kier molecular flexibility index (Phi) is 5.93. The molecule has 2 aromatic carbocycles. The standard InChI is InChI=1S/C18H20N2O4S/c1-3-13-6-4-5-7-16(13)20-17(21)12-19-18(22)14-8-10-15(11-9-14)25(2,23)24/h4-11H,3,12H2,1-2H3,(H,19,22)(H,20,21). The lowest BCUT2D eigenvalue weighted by Gasteiger charge is -2.10. The Morgan fingerprint density at radius 1 is 1.00 bits per heavy atom. The van der Waals surface area contributed by atoms with E-state index in [1.165, 1.54) is 24.3 Å². The highest BCUT2D eigenvalue weighted by Crippen LogP contribution is 2.15. The number of sulfone groups is 1. The van der Waals surface area contributed by atoms with E-state index in [0.29, 0.717) is 0 Å². The van der Waals surface area contributed by atoms with Crippen LogP contribution in [0.4, 0.5) is 5.69 Å². The van der Waals surface area contributed by atoms with Crippen LogP contribution in [0.25, 0.3) is 0 Å². The molecule has 2 aromatic rings. The number of benzene rings is 2. The van der Waals surface area contributed by atoms with Crippen LogP contribution in [0, 0.1) is 0 Å². The Morgan fingerprint density at radius 2 is 1.64 bits per heavy atom. The van der Waals surface area contributed by atoms with E-state index in [9.17, 15) is 18.0 Å². The molecule has 0 unspecified atom stereocenters. The number of rotatable bonds is 6. The van der Waals surface area contributed by atoms with Crippen LogP contribution in [0.15, 0.2) is 53.4 Å². The summed E-state index contributed by atoms with van der Waals surface area (Å²) in [6.45, 7) is 1.82. The monoisotopic (exact) mass is 360 g/mol. The molecular weight excluding hydrogens is 340 g/mol. The predicted octanol–water partition coefficient (Wildman–Crippen LogP) is 2.02. The molecule has 2 rings (SSSR count). The van der Waals surface area contributed by atoms with Gasteiger partial charge in [0.15, 0.2) is 9.84 Å². The van der Waals surface area contributed by atoms with E-state index in [2.05, 4.69) is 10.6 Å². The van der Waals surface area contributed by atoms with Crippen LogP contribution in [0.5, 0.6) is 0 Å². The zero-order valence-electron chi connectivity index (χ0n) is 14.1. The molecule has 6 nitrogen and oxygen atoms in total. The van der Waals surface area contributed by atoms with Gasteiger partial charge in [0.2, 0.25) is 5.91 Å². The quantitative estimate of drug-likeness (QED) is 0.824. The lowest BCUT2D eigenvalue weighted by molar-refractivity contribution is -0.115. The van der Waals surface area contributed by atoms with E-state index in [4.69, 9.17) is 0 Å². The number of hydrogen-bond acceptors (Lipinski definition) is 4. The number of hydrogen-bond donors (Lipinski definition) is 2. The summed E-state index contributed by atoms with van der Waals surface area (Å²) >= 11 is 0. The van der Waals surface area contributed by atoms with Gasteiger partial charge in [-0.3, -0.25) is 9.59 Å². The largest absolute Gasteiger partial charge is 0.343 e. The van der Waals surface area contributed by atoms with Gasteiger partial charge in [0, 0.05) is 17.5 Å². The molecule has 0 aliphatic carbocycles. The van der Waals surface area contributed by atoms with Crippen molar-refractivity contribution in [3.05, 3.63) is 59.7 Å². The summed E-state index contributed by atoms with van der Waals surface area (Å²) in [6, 6.07) is 13.0. The molecule has 0 aliphatic heterocycles. The van der Waals surface area contributed by atoms with Crippen molar-refractivity contribution in [2.45, 2.75) is 18.2 Å². The molecule has 7 heteroatoms. The van der Waals surface area contributed by atoms with E-state index in [1.807, 2.05) is 31.2 Å². The normalized spacial score (nSPS) is 11.0. The highest BCUT2D eigenvalue weighted by atomic mass is 32.2. The number of carbonyl (C=O) groups excluding carboxylic acids is 2. The summed E-state index contributed by atoms with van der Waals surface area (Å²) in [5.41, 5.74) is 2.02. The van der Waals surface area contributed by atoms with E-state index in [1.54, 1.807) is 0 Å². The van der Waals surface area contributed by atoms with E-state index >= 15 is 0 Å². The first-order valence-corrected chi connectivity index (χ1v) is 9.66. The second-order valence-electron chi connectivity index (χ2n) is 5.54. The number of anilines is 1. The first-order valence-electron chi connectivity index (χ1n) is 7.77. The van der Waals surface area contributed by atoms with Gasteiger partial charge < -0.3 is 10.6 Å². The smallest absolute Gasteiger partial charge is 0.251 e. The Labute approximate surface area is 147 Å². The van der Waals surface area contributed by atoms with Crippen LogP contribution in [0.2, 0.25) is 0 Å². The molecule has 0 fully saturated rings. The summed E-state index contributed by atoms with van der Waals surface area (Å²) in [6.07, 6.45) is 1.88. The zero-order chi connectivity index (χ0) is 18.4. The van der Waals surface area contributed by atoms with Gasteiger partial charge in [-0.1, -0.05) is 25.1 Å². The maximum absolute atomic E-state index is 12.0. The average Bonchev–Trinajstić information content (AvgIpc) is 2.59. The topological polar surface area (TPSA) is 92.3 Å². The first-order chi connectivity index (χ1) is 11.8. The molecule has 0 saturated carbocycles. The average molecular weight is 360 g/mol. The lowest BCUT2D eigenvalue weighted by atomic mass is 10.1. The van der Waals surface area contributed by atoms with Crippen LogP contribution < -0.4 is 10.6 Å². The van der Waals surface area contributed by atoms with Crippen molar-refractivity contribution in [3.63, 3.8) is 0 Å². The molecule has 25 heavy (non-hydrogen) atoms. The zero-order valence-corrected chi connectivity index (χ0v) is 14.9. The number of para-hydroxylation sites is 1. The van der Waals surface area contributed by atoms with E-state index < -0.39 is 15.7 Å². The van der Waals surface area contributed by atoms with Crippen LogP contribution in [0.3, 0.4) is 0 Å². The van der Waals surface area contributed by atoms with E-state index in [0.717, 1.165) is 23.9 Å². The second-order valence-corrected chi connectivity index (χ2v) is 7.55. The molecule has 132 valence electrons. The molecule has 0 bridgehead atoms. The number of aryl methyl sites for hydroxylation is 1. The third kappa shape index (κ3) is 5.15. The first kappa shape index (κ1) is 18.7. The summed E-state index contributed by atoms with van der Waals surface area (Å²) in [5, 5.41) is 5.28. The molecule has 0 atom stereocenters. The van der Waals surface area contributed by atoms with Gasteiger partial charge in [-0.15, -0.1) is 0 Å². The molecule has 0 aliphatic rings.